The van der Waals surface area contributed by atoms with Gasteiger partial charge in [0, 0.05) is 12.3 Å². The standard InChI is InChI=1S/C16H13N3S/c1-2-19-10-14-15(11-6-3-4-8-13(11)19)18-12-7-5-9-17-16(12)20-14/h3-10H,2H2,1H3/p+1. The van der Waals surface area contributed by atoms with Crippen molar-refractivity contribution in [2.45, 2.75) is 23.4 Å². The summed E-state index contributed by atoms with van der Waals surface area (Å²) in [6.45, 7) is 3.13. The fraction of sp³-hybridized carbons (Fsp3) is 0.125. The lowest BCUT2D eigenvalue weighted by Gasteiger charge is -2.20. The van der Waals surface area contributed by atoms with Crippen LogP contribution in [0.1, 0.15) is 6.92 Å². The Labute approximate surface area is 121 Å². The number of hydrogen-bond acceptors (Lipinski definition) is 3. The van der Waals surface area contributed by atoms with Crippen LogP contribution >= 0.6 is 11.8 Å². The van der Waals surface area contributed by atoms with Gasteiger partial charge in [0.15, 0.2) is 6.20 Å². The third kappa shape index (κ3) is 1.68. The van der Waals surface area contributed by atoms with Gasteiger partial charge in [-0.25, -0.2) is 4.98 Å². The van der Waals surface area contributed by atoms with Gasteiger partial charge < -0.3 is 5.32 Å². The maximum absolute atomic E-state index is 4.44. The monoisotopic (exact) mass is 280 g/mol. The van der Waals surface area contributed by atoms with Gasteiger partial charge in [-0.2, -0.15) is 4.57 Å². The minimum absolute atomic E-state index is 0.962. The Hall–Kier alpha value is -2.07. The van der Waals surface area contributed by atoms with Crippen LogP contribution in [0.2, 0.25) is 0 Å². The fourth-order valence-corrected chi connectivity index (χ4v) is 3.61. The molecule has 1 aliphatic rings. The van der Waals surface area contributed by atoms with Crippen molar-refractivity contribution in [1.82, 2.24) is 4.98 Å². The van der Waals surface area contributed by atoms with E-state index < -0.39 is 0 Å². The summed E-state index contributed by atoms with van der Waals surface area (Å²) in [7, 11) is 0. The highest BCUT2D eigenvalue weighted by Gasteiger charge is 2.23. The summed E-state index contributed by atoms with van der Waals surface area (Å²) >= 11 is 1.73. The molecule has 98 valence electrons. The van der Waals surface area contributed by atoms with Crippen molar-refractivity contribution in [3.8, 4) is 0 Å². The van der Waals surface area contributed by atoms with Crippen LogP contribution in [0.4, 0.5) is 11.4 Å². The SMILES string of the molecule is CC[n+]1cc2c(c3ccccc31)Nc1cccnc1S2. The van der Waals surface area contributed by atoms with E-state index in [1.807, 2.05) is 12.3 Å². The van der Waals surface area contributed by atoms with Crippen LogP contribution in [-0.2, 0) is 6.54 Å². The Bertz CT molecular complexity index is 814. The summed E-state index contributed by atoms with van der Waals surface area (Å²) in [5.74, 6) is 0. The molecule has 0 aliphatic carbocycles. The molecule has 4 heteroatoms. The van der Waals surface area contributed by atoms with Gasteiger partial charge in [-0.1, -0.05) is 23.9 Å². The predicted molar refractivity (Wildman–Crippen MR) is 81.5 cm³/mol. The molecule has 0 amide bonds. The van der Waals surface area contributed by atoms with Crippen LogP contribution in [0, 0.1) is 0 Å². The molecule has 0 spiro atoms. The summed E-state index contributed by atoms with van der Waals surface area (Å²) in [6, 6.07) is 12.6. The third-order valence-electron chi connectivity index (χ3n) is 3.58. The first-order chi connectivity index (χ1) is 9.86. The number of benzene rings is 1. The van der Waals surface area contributed by atoms with E-state index in [0.717, 1.165) is 17.3 Å². The molecule has 4 rings (SSSR count). The first kappa shape index (κ1) is 11.7. The number of pyridine rings is 2. The van der Waals surface area contributed by atoms with E-state index in [9.17, 15) is 0 Å². The van der Waals surface area contributed by atoms with E-state index in [0.29, 0.717) is 0 Å². The highest BCUT2D eigenvalue weighted by Crippen LogP contribution is 2.44. The van der Waals surface area contributed by atoms with Crippen molar-refractivity contribution in [2.75, 3.05) is 5.32 Å². The molecule has 3 heterocycles. The Morgan fingerprint density at radius 1 is 1.20 bits per heavy atom. The van der Waals surface area contributed by atoms with Crippen molar-refractivity contribution >= 4 is 34.0 Å². The van der Waals surface area contributed by atoms with Crippen molar-refractivity contribution in [1.29, 1.82) is 0 Å². The minimum Gasteiger partial charge on any atom is -0.352 e. The Morgan fingerprint density at radius 2 is 2.10 bits per heavy atom. The van der Waals surface area contributed by atoms with Crippen molar-refractivity contribution in [2.24, 2.45) is 0 Å². The molecule has 0 radical (unpaired) electrons. The smallest absolute Gasteiger partial charge is 0.214 e. The second-order valence-corrected chi connectivity index (χ2v) is 5.79. The van der Waals surface area contributed by atoms with E-state index in [4.69, 9.17) is 0 Å². The van der Waals surface area contributed by atoms with E-state index >= 15 is 0 Å². The first-order valence-electron chi connectivity index (χ1n) is 6.72. The zero-order valence-corrected chi connectivity index (χ0v) is 11.9. The number of nitrogens with zero attached hydrogens (tertiary/aromatic N) is 2. The molecule has 1 aromatic carbocycles. The maximum Gasteiger partial charge on any atom is 0.214 e. The minimum atomic E-state index is 0.962. The lowest BCUT2D eigenvalue weighted by atomic mass is 10.1. The van der Waals surface area contributed by atoms with Gasteiger partial charge in [-0.15, -0.1) is 0 Å². The summed E-state index contributed by atoms with van der Waals surface area (Å²) in [6.07, 6.45) is 4.06. The molecular formula is C16H14N3S+. The number of hydrogen-bond donors (Lipinski definition) is 1. The average molecular weight is 280 g/mol. The van der Waals surface area contributed by atoms with E-state index in [2.05, 4.69) is 58.3 Å². The van der Waals surface area contributed by atoms with Crippen LogP contribution < -0.4 is 9.88 Å². The summed E-state index contributed by atoms with van der Waals surface area (Å²) in [4.78, 5) is 5.68. The fourth-order valence-electron chi connectivity index (χ4n) is 2.62. The number of anilines is 2. The van der Waals surface area contributed by atoms with Crippen LogP contribution in [-0.4, -0.2) is 4.98 Å². The molecule has 1 aliphatic heterocycles. The second kappa shape index (κ2) is 4.49. The third-order valence-corrected chi connectivity index (χ3v) is 4.63. The van der Waals surface area contributed by atoms with Crippen molar-refractivity contribution < 1.29 is 4.57 Å². The van der Waals surface area contributed by atoms with Gasteiger partial charge >= 0.3 is 0 Å². The molecule has 0 fully saturated rings. The second-order valence-electron chi connectivity index (χ2n) is 4.75. The average Bonchev–Trinajstić information content (AvgIpc) is 2.52. The van der Waals surface area contributed by atoms with E-state index in [1.54, 1.807) is 11.8 Å². The molecule has 3 aromatic rings. The number of para-hydroxylation sites is 1. The lowest BCUT2D eigenvalue weighted by Crippen LogP contribution is -2.33. The van der Waals surface area contributed by atoms with Crippen LogP contribution in [0.5, 0.6) is 0 Å². The zero-order valence-electron chi connectivity index (χ0n) is 11.1. The predicted octanol–water partition coefficient (Wildman–Crippen LogP) is 3.75. The maximum atomic E-state index is 4.44. The van der Waals surface area contributed by atoms with Gasteiger partial charge in [0.1, 0.15) is 16.5 Å². The molecule has 3 nitrogen and oxygen atoms in total. The van der Waals surface area contributed by atoms with E-state index in [-0.39, 0.29) is 0 Å². The normalized spacial score (nSPS) is 12.7. The molecular weight excluding hydrogens is 266 g/mol. The molecule has 2 aromatic heterocycles. The zero-order chi connectivity index (χ0) is 13.5. The Balaban J connectivity index is 2.00. The van der Waals surface area contributed by atoms with Gasteiger partial charge in [0.25, 0.3) is 0 Å². The quantitative estimate of drug-likeness (QED) is 0.538. The van der Waals surface area contributed by atoms with Gasteiger partial charge in [-0.3, -0.25) is 0 Å². The number of fused-ring (bicyclic) bond motifs is 4. The Kier molecular flexibility index (Phi) is 2.63. The topological polar surface area (TPSA) is 28.8 Å². The molecule has 0 unspecified atom stereocenters. The number of aryl methyl sites for hydroxylation is 1. The molecule has 1 N–H and O–H groups in total. The van der Waals surface area contributed by atoms with Gasteiger partial charge in [-0.05, 0) is 25.1 Å². The number of nitrogens with one attached hydrogen (secondary N) is 1. The summed E-state index contributed by atoms with van der Waals surface area (Å²) in [5.41, 5.74) is 3.54. The van der Waals surface area contributed by atoms with Crippen LogP contribution in [0.25, 0.3) is 10.9 Å². The largest absolute Gasteiger partial charge is 0.352 e. The van der Waals surface area contributed by atoms with Crippen LogP contribution in [0.3, 0.4) is 0 Å². The summed E-state index contributed by atoms with van der Waals surface area (Å²) < 4.78 is 2.29. The molecule has 0 bridgehead atoms. The van der Waals surface area contributed by atoms with Crippen LogP contribution in [0.15, 0.2) is 58.7 Å². The molecule has 0 saturated carbocycles. The van der Waals surface area contributed by atoms with Gasteiger partial charge in [0.2, 0.25) is 5.52 Å². The molecule has 0 saturated heterocycles. The highest BCUT2D eigenvalue weighted by atomic mass is 32.2. The lowest BCUT2D eigenvalue weighted by molar-refractivity contribution is -0.669. The van der Waals surface area contributed by atoms with Crippen molar-refractivity contribution in [3.63, 3.8) is 0 Å². The van der Waals surface area contributed by atoms with E-state index in [1.165, 1.54) is 21.5 Å². The number of rotatable bonds is 1. The highest BCUT2D eigenvalue weighted by molar-refractivity contribution is 7.99. The molecule has 20 heavy (non-hydrogen) atoms. The van der Waals surface area contributed by atoms with Crippen molar-refractivity contribution in [3.05, 3.63) is 48.8 Å². The Morgan fingerprint density at radius 3 is 3.00 bits per heavy atom. The molecule has 0 atom stereocenters. The number of aromatic nitrogens is 2. The first-order valence-corrected chi connectivity index (χ1v) is 7.53. The summed E-state index contributed by atoms with van der Waals surface area (Å²) in [5, 5.41) is 5.84. The van der Waals surface area contributed by atoms with Gasteiger partial charge in [0.05, 0.1) is 16.8 Å².